The molecule has 16 heavy (non-hydrogen) atoms. The first-order chi connectivity index (χ1) is 7.81. The molecule has 1 N–H and O–H groups in total. The fourth-order valence-electron chi connectivity index (χ4n) is 1.37. The zero-order valence-corrected chi connectivity index (χ0v) is 8.45. The van der Waals surface area contributed by atoms with Gasteiger partial charge in [0.25, 0.3) is 0 Å². The highest BCUT2D eigenvalue weighted by Crippen LogP contribution is 2.24. The number of anilines is 2. The van der Waals surface area contributed by atoms with E-state index in [0.29, 0.717) is 17.1 Å². The average Bonchev–Trinajstić information content (AvgIpc) is 2.39. The third-order valence-electron chi connectivity index (χ3n) is 2.20. The van der Waals surface area contributed by atoms with Crippen molar-refractivity contribution in [2.75, 3.05) is 5.06 Å². The molecule has 0 saturated carbocycles. The standard InChI is InChI=1S/C12H10N2O2/c15-13-10-6-8-12(9-7-10)14(16)11-4-2-1-3-5-11/h1-9,16H. The minimum atomic E-state index is 0.338. The second-order valence-corrected chi connectivity index (χ2v) is 3.26. The van der Waals surface area contributed by atoms with Gasteiger partial charge in [0.1, 0.15) is 5.69 Å². The first-order valence-corrected chi connectivity index (χ1v) is 4.79. The van der Waals surface area contributed by atoms with Crippen molar-refractivity contribution < 1.29 is 5.21 Å². The van der Waals surface area contributed by atoms with E-state index >= 15 is 0 Å². The van der Waals surface area contributed by atoms with E-state index < -0.39 is 0 Å². The van der Waals surface area contributed by atoms with E-state index in [2.05, 4.69) is 5.18 Å². The molecule has 4 nitrogen and oxygen atoms in total. The highest BCUT2D eigenvalue weighted by atomic mass is 16.5. The van der Waals surface area contributed by atoms with Crippen molar-refractivity contribution in [1.82, 2.24) is 0 Å². The predicted molar refractivity (Wildman–Crippen MR) is 62.3 cm³/mol. The van der Waals surface area contributed by atoms with Crippen molar-refractivity contribution in [3.05, 3.63) is 59.5 Å². The number of para-hydroxylation sites is 1. The Morgan fingerprint density at radius 1 is 0.875 bits per heavy atom. The molecule has 0 aliphatic carbocycles. The van der Waals surface area contributed by atoms with Crippen molar-refractivity contribution in [1.29, 1.82) is 0 Å². The number of nitroso groups, excluding NO2 is 1. The lowest BCUT2D eigenvalue weighted by molar-refractivity contribution is 0.301. The number of nitrogens with zero attached hydrogens (tertiary/aromatic N) is 2. The number of hydrogen-bond acceptors (Lipinski definition) is 4. The minimum absolute atomic E-state index is 0.338. The molecule has 0 heterocycles. The summed E-state index contributed by atoms with van der Waals surface area (Å²) in [6, 6.07) is 15.5. The van der Waals surface area contributed by atoms with Crippen LogP contribution in [0.15, 0.2) is 59.8 Å². The minimum Gasteiger partial charge on any atom is -0.284 e. The lowest BCUT2D eigenvalue weighted by Crippen LogP contribution is -2.09. The van der Waals surface area contributed by atoms with E-state index in [1.54, 1.807) is 36.4 Å². The van der Waals surface area contributed by atoms with Gasteiger partial charge in [-0.1, -0.05) is 18.2 Å². The summed E-state index contributed by atoms with van der Waals surface area (Å²) >= 11 is 0. The van der Waals surface area contributed by atoms with Gasteiger partial charge in [-0.05, 0) is 41.6 Å². The Morgan fingerprint density at radius 3 is 2.00 bits per heavy atom. The van der Waals surface area contributed by atoms with Gasteiger partial charge in [0.2, 0.25) is 0 Å². The topological polar surface area (TPSA) is 52.9 Å². The first-order valence-electron chi connectivity index (χ1n) is 4.79. The van der Waals surface area contributed by atoms with Crippen LogP contribution in [-0.2, 0) is 0 Å². The van der Waals surface area contributed by atoms with Gasteiger partial charge >= 0.3 is 0 Å². The number of benzene rings is 2. The molecule has 0 saturated heterocycles. The zero-order chi connectivity index (χ0) is 11.4. The second kappa shape index (κ2) is 4.55. The maximum absolute atomic E-state index is 10.2. The summed E-state index contributed by atoms with van der Waals surface area (Å²) in [5.41, 5.74) is 1.58. The Balaban J connectivity index is 2.27. The molecule has 0 aliphatic heterocycles. The van der Waals surface area contributed by atoms with Crippen LogP contribution in [0.2, 0.25) is 0 Å². The van der Waals surface area contributed by atoms with Crippen LogP contribution in [0.3, 0.4) is 0 Å². The average molecular weight is 214 g/mol. The van der Waals surface area contributed by atoms with Crippen molar-refractivity contribution in [2.45, 2.75) is 0 Å². The van der Waals surface area contributed by atoms with E-state index in [4.69, 9.17) is 0 Å². The highest BCUT2D eigenvalue weighted by Gasteiger charge is 2.04. The van der Waals surface area contributed by atoms with Gasteiger partial charge in [-0.2, -0.15) is 0 Å². The maximum Gasteiger partial charge on any atom is 0.108 e. The molecule has 0 bridgehead atoms. The van der Waals surface area contributed by atoms with E-state index in [1.165, 1.54) is 0 Å². The molecule has 0 amide bonds. The Bertz CT molecular complexity index is 468. The summed E-state index contributed by atoms with van der Waals surface area (Å²) < 4.78 is 0. The fraction of sp³-hybridized carbons (Fsp3) is 0. The van der Waals surface area contributed by atoms with Crippen LogP contribution in [0, 0.1) is 4.91 Å². The van der Waals surface area contributed by atoms with Crippen LogP contribution >= 0.6 is 0 Å². The molecule has 0 spiro atoms. The lowest BCUT2D eigenvalue weighted by Gasteiger charge is -2.16. The van der Waals surface area contributed by atoms with E-state index in [1.807, 2.05) is 18.2 Å². The second-order valence-electron chi connectivity index (χ2n) is 3.26. The third-order valence-corrected chi connectivity index (χ3v) is 2.20. The lowest BCUT2D eigenvalue weighted by atomic mass is 10.2. The van der Waals surface area contributed by atoms with Crippen molar-refractivity contribution in [2.24, 2.45) is 5.18 Å². The summed E-state index contributed by atoms with van der Waals surface area (Å²) in [4.78, 5) is 10.2. The van der Waals surface area contributed by atoms with Gasteiger partial charge in [0.15, 0.2) is 0 Å². The molecular formula is C12H10N2O2. The van der Waals surface area contributed by atoms with E-state index in [9.17, 15) is 10.1 Å². The third kappa shape index (κ3) is 2.07. The molecule has 80 valence electrons. The van der Waals surface area contributed by atoms with E-state index in [0.717, 1.165) is 5.06 Å². The highest BCUT2D eigenvalue weighted by molar-refractivity contribution is 5.61. The molecular weight excluding hydrogens is 204 g/mol. The van der Waals surface area contributed by atoms with Gasteiger partial charge < -0.3 is 0 Å². The van der Waals surface area contributed by atoms with Crippen LogP contribution in [-0.4, -0.2) is 5.21 Å². The molecule has 0 atom stereocenters. The van der Waals surface area contributed by atoms with Gasteiger partial charge in [-0.3, -0.25) is 5.21 Å². The van der Waals surface area contributed by atoms with Crippen molar-refractivity contribution >= 4 is 17.1 Å². The fourth-order valence-corrected chi connectivity index (χ4v) is 1.37. The SMILES string of the molecule is O=Nc1ccc(N(O)c2ccccc2)cc1. The van der Waals surface area contributed by atoms with Crippen LogP contribution in [0.1, 0.15) is 0 Å². The molecule has 2 aromatic carbocycles. The van der Waals surface area contributed by atoms with E-state index in [-0.39, 0.29) is 0 Å². The Kier molecular flexibility index (Phi) is 2.93. The number of hydrogen-bond donors (Lipinski definition) is 1. The molecule has 0 aliphatic rings. The summed E-state index contributed by atoms with van der Waals surface area (Å²) in [5.74, 6) is 0. The summed E-state index contributed by atoms with van der Waals surface area (Å²) in [7, 11) is 0. The Labute approximate surface area is 92.7 Å². The van der Waals surface area contributed by atoms with Gasteiger partial charge in [-0.15, -0.1) is 4.91 Å². The van der Waals surface area contributed by atoms with Gasteiger partial charge in [0.05, 0.1) is 11.4 Å². The van der Waals surface area contributed by atoms with Crippen molar-refractivity contribution in [3.8, 4) is 0 Å². The van der Waals surface area contributed by atoms with Gasteiger partial charge in [-0.25, -0.2) is 5.06 Å². The molecule has 0 fully saturated rings. The van der Waals surface area contributed by atoms with Crippen LogP contribution in [0.4, 0.5) is 17.1 Å². The number of rotatable bonds is 3. The maximum atomic E-state index is 10.2. The normalized spacial score (nSPS) is 9.81. The smallest absolute Gasteiger partial charge is 0.108 e. The summed E-state index contributed by atoms with van der Waals surface area (Å²) in [6.45, 7) is 0. The van der Waals surface area contributed by atoms with Crippen molar-refractivity contribution in [3.63, 3.8) is 0 Å². The summed E-state index contributed by atoms with van der Waals surface area (Å²) in [5, 5.41) is 13.7. The zero-order valence-electron chi connectivity index (χ0n) is 8.45. The monoisotopic (exact) mass is 214 g/mol. The molecule has 4 heteroatoms. The molecule has 0 radical (unpaired) electrons. The Morgan fingerprint density at radius 2 is 1.44 bits per heavy atom. The summed E-state index contributed by atoms with van der Waals surface area (Å²) in [6.07, 6.45) is 0. The van der Waals surface area contributed by atoms with Gasteiger partial charge in [0, 0.05) is 0 Å². The molecule has 2 rings (SSSR count). The first kappa shape index (κ1) is 10.3. The molecule has 0 unspecified atom stereocenters. The quantitative estimate of drug-likeness (QED) is 0.627. The van der Waals surface area contributed by atoms with Crippen LogP contribution in [0.5, 0.6) is 0 Å². The van der Waals surface area contributed by atoms with Crippen LogP contribution in [0.25, 0.3) is 0 Å². The van der Waals surface area contributed by atoms with Crippen LogP contribution < -0.4 is 5.06 Å². The molecule has 0 aromatic heterocycles. The predicted octanol–water partition coefficient (Wildman–Crippen LogP) is 3.61. The largest absolute Gasteiger partial charge is 0.284 e. The Hall–Kier alpha value is -2.20. The molecule has 2 aromatic rings.